The Hall–Kier alpha value is -0.580. The number of anilines is 1. The monoisotopic (exact) mass is 326 g/mol. The molecule has 1 aliphatic heterocycles. The molecule has 19 heavy (non-hydrogen) atoms. The Morgan fingerprint density at radius 3 is 2.84 bits per heavy atom. The third kappa shape index (κ3) is 3.30. The van der Waals surface area contributed by atoms with Crippen molar-refractivity contribution in [3.05, 3.63) is 28.2 Å². The Bertz CT molecular complexity index is 436. The largest absolute Gasteiger partial charge is 0.375 e. The summed E-state index contributed by atoms with van der Waals surface area (Å²) >= 11 is 3.69. The summed E-state index contributed by atoms with van der Waals surface area (Å²) in [6.07, 6.45) is 1.37. The number of halogens is 1. The van der Waals surface area contributed by atoms with Gasteiger partial charge in [-0.05, 0) is 53.9 Å². The van der Waals surface area contributed by atoms with E-state index in [0.717, 1.165) is 29.6 Å². The third-order valence-electron chi connectivity index (χ3n) is 3.75. The van der Waals surface area contributed by atoms with Crippen molar-refractivity contribution in [3.63, 3.8) is 0 Å². The van der Waals surface area contributed by atoms with E-state index in [0.29, 0.717) is 6.04 Å². The van der Waals surface area contributed by atoms with Gasteiger partial charge in [0, 0.05) is 17.1 Å². The molecule has 0 radical (unpaired) electrons. The molecular formula is C15H23BrN2O. The first kappa shape index (κ1) is 14.8. The number of nitrogens with two attached hydrogens (primary N) is 1. The fourth-order valence-electron chi connectivity index (χ4n) is 2.52. The number of ether oxygens (including phenoxy) is 1. The van der Waals surface area contributed by atoms with Crippen molar-refractivity contribution in [1.82, 2.24) is 0 Å². The van der Waals surface area contributed by atoms with Crippen molar-refractivity contribution in [2.75, 3.05) is 18.1 Å². The minimum absolute atomic E-state index is 0.0657. The van der Waals surface area contributed by atoms with Crippen molar-refractivity contribution in [2.45, 2.75) is 45.4 Å². The number of hydrogen-bond donors (Lipinski definition) is 1. The Labute approximate surface area is 124 Å². The van der Waals surface area contributed by atoms with Crippen LogP contribution in [0.5, 0.6) is 0 Å². The highest BCUT2D eigenvalue weighted by molar-refractivity contribution is 9.10. The Morgan fingerprint density at radius 2 is 2.26 bits per heavy atom. The summed E-state index contributed by atoms with van der Waals surface area (Å²) in [5.74, 6) is 0. The summed E-state index contributed by atoms with van der Waals surface area (Å²) in [7, 11) is 0. The molecule has 0 bridgehead atoms. The van der Waals surface area contributed by atoms with E-state index in [-0.39, 0.29) is 12.1 Å². The molecular weight excluding hydrogens is 304 g/mol. The van der Waals surface area contributed by atoms with E-state index in [1.165, 1.54) is 5.69 Å². The van der Waals surface area contributed by atoms with Crippen LogP contribution < -0.4 is 10.6 Å². The van der Waals surface area contributed by atoms with Crippen molar-refractivity contribution in [3.8, 4) is 0 Å². The second kappa shape index (κ2) is 6.25. The quantitative estimate of drug-likeness (QED) is 0.924. The molecule has 3 nitrogen and oxygen atoms in total. The van der Waals surface area contributed by atoms with Crippen molar-refractivity contribution in [2.24, 2.45) is 5.73 Å². The van der Waals surface area contributed by atoms with Crippen LogP contribution in [0, 0.1) is 0 Å². The summed E-state index contributed by atoms with van der Waals surface area (Å²) < 4.78 is 6.88. The molecule has 3 atom stereocenters. The Morgan fingerprint density at radius 1 is 1.53 bits per heavy atom. The van der Waals surface area contributed by atoms with Crippen molar-refractivity contribution in [1.29, 1.82) is 0 Å². The fraction of sp³-hybridized carbons (Fsp3) is 0.600. The summed E-state index contributed by atoms with van der Waals surface area (Å²) in [6.45, 7) is 8.09. The smallest absolute Gasteiger partial charge is 0.0723 e. The van der Waals surface area contributed by atoms with E-state index < -0.39 is 0 Å². The van der Waals surface area contributed by atoms with Crippen LogP contribution in [0.2, 0.25) is 0 Å². The van der Waals surface area contributed by atoms with Gasteiger partial charge in [0.25, 0.3) is 0 Å². The Kier molecular flexibility index (Phi) is 4.87. The molecule has 0 saturated carbocycles. The summed E-state index contributed by atoms with van der Waals surface area (Å²) in [6, 6.07) is 6.94. The minimum atomic E-state index is 0.0657. The fourth-order valence-corrected chi connectivity index (χ4v) is 3.14. The number of rotatable bonds is 3. The molecule has 0 aromatic heterocycles. The van der Waals surface area contributed by atoms with Crippen LogP contribution >= 0.6 is 15.9 Å². The maximum absolute atomic E-state index is 5.93. The molecule has 0 amide bonds. The van der Waals surface area contributed by atoms with Gasteiger partial charge in [-0.1, -0.05) is 13.0 Å². The molecule has 2 N–H and O–H groups in total. The molecule has 2 unspecified atom stereocenters. The highest BCUT2D eigenvalue weighted by Gasteiger charge is 2.27. The highest BCUT2D eigenvalue weighted by atomic mass is 79.9. The lowest BCUT2D eigenvalue weighted by Gasteiger charge is -2.40. The SMILES string of the molecule is CCC1COC(C)CN1c1ccc([C@@H](C)N)cc1Br. The second-order valence-electron chi connectivity index (χ2n) is 5.36. The third-order valence-corrected chi connectivity index (χ3v) is 4.38. The van der Waals surface area contributed by atoms with Gasteiger partial charge in [0.05, 0.1) is 24.4 Å². The molecule has 1 aromatic rings. The molecule has 1 aromatic carbocycles. The van der Waals surface area contributed by atoms with Crippen molar-refractivity contribution >= 4 is 21.6 Å². The molecule has 0 spiro atoms. The van der Waals surface area contributed by atoms with Gasteiger partial charge in [0.1, 0.15) is 0 Å². The molecule has 106 valence electrons. The first-order chi connectivity index (χ1) is 9.02. The molecule has 4 heteroatoms. The summed E-state index contributed by atoms with van der Waals surface area (Å²) in [5.41, 5.74) is 8.33. The lowest BCUT2D eigenvalue weighted by atomic mass is 10.1. The van der Waals surface area contributed by atoms with Gasteiger partial charge in [-0.15, -0.1) is 0 Å². The number of hydrogen-bond acceptors (Lipinski definition) is 3. The summed E-state index contributed by atoms with van der Waals surface area (Å²) in [4.78, 5) is 2.45. The van der Waals surface area contributed by atoms with Gasteiger partial charge in [-0.3, -0.25) is 0 Å². The average Bonchev–Trinajstić information content (AvgIpc) is 2.38. The number of morpholine rings is 1. The predicted octanol–water partition coefficient (Wildman–Crippen LogP) is 3.47. The first-order valence-corrected chi connectivity index (χ1v) is 7.75. The van der Waals surface area contributed by atoms with Gasteiger partial charge >= 0.3 is 0 Å². The van der Waals surface area contributed by atoms with Gasteiger partial charge in [-0.25, -0.2) is 0 Å². The normalized spacial score (nSPS) is 25.4. The zero-order chi connectivity index (χ0) is 14.0. The van der Waals surface area contributed by atoms with Crippen LogP contribution in [0.25, 0.3) is 0 Å². The van der Waals surface area contributed by atoms with Crippen LogP contribution in [0.3, 0.4) is 0 Å². The Balaban J connectivity index is 2.28. The molecule has 0 aliphatic carbocycles. The van der Waals surface area contributed by atoms with Crippen LogP contribution in [-0.2, 0) is 4.74 Å². The zero-order valence-electron chi connectivity index (χ0n) is 11.9. The highest BCUT2D eigenvalue weighted by Crippen LogP contribution is 2.32. The topological polar surface area (TPSA) is 38.5 Å². The van der Waals surface area contributed by atoms with Crippen LogP contribution in [-0.4, -0.2) is 25.3 Å². The molecule has 2 rings (SSSR count). The van der Waals surface area contributed by atoms with E-state index in [4.69, 9.17) is 10.5 Å². The lowest BCUT2D eigenvalue weighted by molar-refractivity contribution is 0.0299. The van der Waals surface area contributed by atoms with E-state index in [9.17, 15) is 0 Å². The molecule has 1 heterocycles. The van der Waals surface area contributed by atoms with E-state index in [1.54, 1.807) is 0 Å². The van der Waals surface area contributed by atoms with Gasteiger partial charge in [0.15, 0.2) is 0 Å². The molecule has 1 aliphatic rings. The number of benzene rings is 1. The van der Waals surface area contributed by atoms with Crippen LogP contribution in [0.1, 0.15) is 38.8 Å². The minimum Gasteiger partial charge on any atom is -0.375 e. The van der Waals surface area contributed by atoms with Gasteiger partial charge in [0.2, 0.25) is 0 Å². The standard InChI is InChI=1S/C15H23BrN2O/c1-4-13-9-19-10(2)8-18(13)15-6-5-12(11(3)17)7-14(15)16/h5-7,10-11,13H,4,8-9,17H2,1-3H3/t10?,11-,13?/m1/s1. The first-order valence-electron chi connectivity index (χ1n) is 6.96. The van der Waals surface area contributed by atoms with E-state index in [1.807, 2.05) is 6.92 Å². The maximum Gasteiger partial charge on any atom is 0.0723 e. The van der Waals surface area contributed by atoms with Crippen LogP contribution in [0.15, 0.2) is 22.7 Å². The maximum atomic E-state index is 5.93. The number of nitrogens with zero attached hydrogens (tertiary/aromatic N) is 1. The van der Waals surface area contributed by atoms with Crippen molar-refractivity contribution < 1.29 is 4.74 Å². The lowest BCUT2D eigenvalue weighted by Crippen LogP contribution is -2.48. The summed E-state index contributed by atoms with van der Waals surface area (Å²) in [5, 5.41) is 0. The second-order valence-corrected chi connectivity index (χ2v) is 6.21. The predicted molar refractivity (Wildman–Crippen MR) is 83.6 cm³/mol. The van der Waals surface area contributed by atoms with Gasteiger partial charge < -0.3 is 15.4 Å². The van der Waals surface area contributed by atoms with Crippen LogP contribution in [0.4, 0.5) is 5.69 Å². The van der Waals surface area contributed by atoms with Gasteiger partial charge in [-0.2, -0.15) is 0 Å². The van der Waals surface area contributed by atoms with E-state index in [2.05, 4.69) is 52.9 Å². The molecule has 1 saturated heterocycles. The van der Waals surface area contributed by atoms with E-state index >= 15 is 0 Å². The average molecular weight is 327 g/mol. The zero-order valence-corrected chi connectivity index (χ0v) is 13.5. The molecule has 1 fully saturated rings.